The molecule has 24 heavy (non-hydrogen) atoms. The number of carbonyl (C=O) groups excluding carboxylic acids is 1. The van der Waals surface area contributed by atoms with E-state index in [9.17, 15) is 9.90 Å². The minimum atomic E-state index is -0.651. The van der Waals surface area contributed by atoms with Crippen molar-refractivity contribution in [3.8, 4) is 11.3 Å². The van der Waals surface area contributed by atoms with E-state index in [1.807, 2.05) is 41.9 Å². The lowest BCUT2D eigenvalue weighted by Gasteiger charge is -2.14. The van der Waals surface area contributed by atoms with Crippen molar-refractivity contribution in [3.05, 3.63) is 70.0 Å². The zero-order valence-corrected chi connectivity index (χ0v) is 14.3. The Labute approximate surface area is 144 Å². The second-order valence-corrected chi connectivity index (χ2v) is 6.34. The highest BCUT2D eigenvalue weighted by Gasteiger charge is 2.14. The van der Waals surface area contributed by atoms with Crippen LogP contribution in [0.15, 0.2) is 53.2 Å². The zero-order chi connectivity index (χ0) is 17.1. The van der Waals surface area contributed by atoms with Crippen molar-refractivity contribution < 1.29 is 9.90 Å². The summed E-state index contributed by atoms with van der Waals surface area (Å²) in [6.07, 6.45) is -0.651. The molecule has 0 saturated heterocycles. The fraction of sp³-hybridized carbons (Fsp3) is 0.158. The second kappa shape index (κ2) is 6.95. The molecule has 2 aromatic heterocycles. The topological polar surface area (TPSA) is 62.2 Å². The van der Waals surface area contributed by atoms with Crippen LogP contribution in [0.5, 0.6) is 0 Å². The van der Waals surface area contributed by atoms with Crippen molar-refractivity contribution >= 4 is 22.9 Å². The first-order valence-corrected chi connectivity index (χ1v) is 8.59. The van der Waals surface area contributed by atoms with Gasteiger partial charge in [0.15, 0.2) is 0 Å². The SMILES string of the molecule is Cc1nc(-c2ccsc2)ccc1C(=O)Nc1ccccc1C(C)O. The molecule has 1 atom stereocenters. The quantitative estimate of drug-likeness (QED) is 0.740. The molecule has 0 spiro atoms. The van der Waals surface area contributed by atoms with Crippen LogP contribution in [-0.4, -0.2) is 16.0 Å². The summed E-state index contributed by atoms with van der Waals surface area (Å²) in [6.45, 7) is 3.50. The molecule has 0 saturated carbocycles. The van der Waals surface area contributed by atoms with Gasteiger partial charge < -0.3 is 10.4 Å². The van der Waals surface area contributed by atoms with Gasteiger partial charge in [-0.25, -0.2) is 0 Å². The van der Waals surface area contributed by atoms with Crippen molar-refractivity contribution in [2.45, 2.75) is 20.0 Å². The molecule has 122 valence electrons. The molecule has 2 heterocycles. The van der Waals surface area contributed by atoms with Gasteiger partial charge >= 0.3 is 0 Å². The van der Waals surface area contributed by atoms with Gasteiger partial charge in [-0.05, 0) is 43.5 Å². The number of pyridine rings is 1. The third-order valence-corrected chi connectivity index (χ3v) is 4.49. The molecular weight excluding hydrogens is 320 g/mol. The van der Waals surface area contributed by atoms with Gasteiger partial charge in [0.05, 0.1) is 23.1 Å². The lowest BCUT2D eigenvalue weighted by molar-refractivity contribution is 0.102. The molecule has 1 unspecified atom stereocenters. The number of aliphatic hydroxyl groups excluding tert-OH is 1. The normalized spacial score (nSPS) is 12.0. The molecule has 3 rings (SSSR count). The average molecular weight is 338 g/mol. The Hall–Kier alpha value is -2.50. The van der Waals surface area contributed by atoms with Crippen LogP contribution in [-0.2, 0) is 0 Å². The van der Waals surface area contributed by atoms with E-state index < -0.39 is 6.10 Å². The van der Waals surface area contributed by atoms with Crippen LogP contribution in [0.4, 0.5) is 5.69 Å². The first-order chi connectivity index (χ1) is 11.6. The van der Waals surface area contributed by atoms with Crippen LogP contribution in [0.2, 0.25) is 0 Å². The number of hydrogen-bond donors (Lipinski definition) is 2. The molecule has 0 aliphatic rings. The van der Waals surface area contributed by atoms with Crippen LogP contribution in [0.3, 0.4) is 0 Å². The monoisotopic (exact) mass is 338 g/mol. The van der Waals surface area contributed by atoms with Gasteiger partial charge in [0.2, 0.25) is 0 Å². The number of aryl methyl sites for hydroxylation is 1. The fourth-order valence-corrected chi connectivity index (χ4v) is 3.19. The average Bonchev–Trinajstić information content (AvgIpc) is 3.09. The van der Waals surface area contributed by atoms with Gasteiger partial charge in [0, 0.05) is 22.2 Å². The highest BCUT2D eigenvalue weighted by atomic mass is 32.1. The van der Waals surface area contributed by atoms with Crippen LogP contribution in [0.25, 0.3) is 11.3 Å². The highest BCUT2D eigenvalue weighted by molar-refractivity contribution is 7.08. The molecule has 4 nitrogen and oxygen atoms in total. The van der Waals surface area contributed by atoms with Crippen LogP contribution in [0, 0.1) is 6.92 Å². The number of benzene rings is 1. The van der Waals surface area contributed by atoms with E-state index in [1.54, 1.807) is 36.5 Å². The molecule has 5 heteroatoms. The highest BCUT2D eigenvalue weighted by Crippen LogP contribution is 2.24. The summed E-state index contributed by atoms with van der Waals surface area (Å²) >= 11 is 1.61. The Morgan fingerprint density at radius 2 is 2.00 bits per heavy atom. The number of rotatable bonds is 4. The van der Waals surface area contributed by atoms with Crippen molar-refractivity contribution in [2.75, 3.05) is 5.32 Å². The standard InChI is InChI=1S/C19H18N2O2S/c1-12-15(7-8-17(20-12)14-9-10-24-11-14)19(23)21-18-6-4-3-5-16(18)13(2)22/h3-11,13,22H,1-2H3,(H,21,23). The van der Waals surface area contributed by atoms with Crippen LogP contribution < -0.4 is 5.32 Å². The Bertz CT molecular complexity index is 858. The molecular formula is C19H18N2O2S. The number of anilines is 1. The van der Waals surface area contributed by atoms with Crippen LogP contribution in [0.1, 0.15) is 34.6 Å². The van der Waals surface area contributed by atoms with Crippen LogP contribution >= 0.6 is 11.3 Å². The minimum absolute atomic E-state index is 0.232. The summed E-state index contributed by atoms with van der Waals surface area (Å²) in [5.41, 5.74) is 4.40. The van der Waals surface area contributed by atoms with Crippen molar-refractivity contribution in [1.82, 2.24) is 4.98 Å². The summed E-state index contributed by atoms with van der Waals surface area (Å²) in [7, 11) is 0. The first kappa shape index (κ1) is 16.4. The van der Waals surface area contributed by atoms with E-state index >= 15 is 0 Å². The molecule has 3 aromatic rings. The molecule has 0 radical (unpaired) electrons. The smallest absolute Gasteiger partial charge is 0.257 e. The summed E-state index contributed by atoms with van der Waals surface area (Å²) in [4.78, 5) is 17.1. The summed E-state index contributed by atoms with van der Waals surface area (Å²) < 4.78 is 0. The number of nitrogens with zero attached hydrogens (tertiary/aromatic N) is 1. The second-order valence-electron chi connectivity index (χ2n) is 5.56. The van der Waals surface area contributed by atoms with E-state index in [0.29, 0.717) is 22.5 Å². The largest absolute Gasteiger partial charge is 0.389 e. The van der Waals surface area contributed by atoms with E-state index in [2.05, 4.69) is 10.3 Å². The molecule has 1 amide bonds. The fourth-order valence-electron chi connectivity index (χ4n) is 2.54. The molecule has 2 N–H and O–H groups in total. The summed E-state index contributed by atoms with van der Waals surface area (Å²) in [6, 6.07) is 12.9. The van der Waals surface area contributed by atoms with Crippen molar-refractivity contribution in [1.29, 1.82) is 0 Å². The number of para-hydroxylation sites is 1. The Balaban J connectivity index is 1.86. The number of amides is 1. The first-order valence-electron chi connectivity index (χ1n) is 7.65. The van der Waals surface area contributed by atoms with Gasteiger partial charge in [0.25, 0.3) is 5.91 Å². The predicted octanol–water partition coefficient (Wildman–Crippen LogP) is 4.42. The maximum absolute atomic E-state index is 12.6. The Morgan fingerprint density at radius 1 is 1.21 bits per heavy atom. The molecule has 0 aliphatic heterocycles. The maximum atomic E-state index is 12.6. The Kier molecular flexibility index (Phi) is 4.74. The van der Waals surface area contributed by atoms with Gasteiger partial charge in [-0.2, -0.15) is 11.3 Å². The summed E-state index contributed by atoms with van der Waals surface area (Å²) in [5, 5.41) is 16.7. The minimum Gasteiger partial charge on any atom is -0.389 e. The predicted molar refractivity (Wildman–Crippen MR) is 97.3 cm³/mol. The van der Waals surface area contributed by atoms with E-state index in [1.165, 1.54) is 0 Å². The molecule has 0 aliphatic carbocycles. The van der Waals surface area contributed by atoms with E-state index in [-0.39, 0.29) is 5.91 Å². The third-order valence-electron chi connectivity index (χ3n) is 3.81. The van der Waals surface area contributed by atoms with Gasteiger partial charge in [0.1, 0.15) is 0 Å². The van der Waals surface area contributed by atoms with Crippen molar-refractivity contribution in [2.24, 2.45) is 0 Å². The molecule has 0 fully saturated rings. The lowest BCUT2D eigenvalue weighted by atomic mass is 10.1. The lowest BCUT2D eigenvalue weighted by Crippen LogP contribution is -2.16. The van der Waals surface area contributed by atoms with E-state index in [4.69, 9.17) is 0 Å². The number of aromatic nitrogens is 1. The number of aliphatic hydroxyl groups is 1. The number of carbonyl (C=O) groups is 1. The maximum Gasteiger partial charge on any atom is 0.257 e. The van der Waals surface area contributed by atoms with Gasteiger partial charge in [-0.1, -0.05) is 18.2 Å². The molecule has 1 aromatic carbocycles. The third kappa shape index (κ3) is 3.37. The van der Waals surface area contributed by atoms with Gasteiger partial charge in [-0.15, -0.1) is 0 Å². The number of nitrogens with one attached hydrogen (secondary N) is 1. The number of thiophene rings is 1. The molecule has 0 bridgehead atoms. The summed E-state index contributed by atoms with van der Waals surface area (Å²) in [5.74, 6) is -0.232. The van der Waals surface area contributed by atoms with E-state index in [0.717, 1.165) is 11.3 Å². The number of hydrogen-bond acceptors (Lipinski definition) is 4. The Morgan fingerprint density at radius 3 is 2.67 bits per heavy atom. The zero-order valence-electron chi connectivity index (χ0n) is 13.5. The van der Waals surface area contributed by atoms with Gasteiger partial charge in [-0.3, -0.25) is 9.78 Å². The van der Waals surface area contributed by atoms with Crippen molar-refractivity contribution in [3.63, 3.8) is 0 Å².